The van der Waals surface area contributed by atoms with Crippen LogP contribution in [0.2, 0.25) is 0 Å². The van der Waals surface area contributed by atoms with Crippen molar-refractivity contribution >= 4 is 16.3 Å². The Morgan fingerprint density at radius 2 is 2.08 bits per heavy atom. The Hall–Kier alpha value is -1.97. The van der Waals surface area contributed by atoms with Gasteiger partial charge in [-0.1, -0.05) is 0 Å². The van der Waals surface area contributed by atoms with E-state index in [1.807, 2.05) is 0 Å². The number of fused-ring (bicyclic) bond motifs is 3. The summed E-state index contributed by atoms with van der Waals surface area (Å²) in [6, 6.07) is 2.51. The molecule has 26 heavy (non-hydrogen) atoms. The van der Waals surface area contributed by atoms with Crippen molar-refractivity contribution < 1.29 is 32.2 Å². The molecule has 10 heteroatoms. The number of likely N-dealkylation sites (tertiary alicyclic amines) is 1. The molecule has 0 aliphatic carbocycles. The molecule has 0 bridgehead atoms. The first-order chi connectivity index (χ1) is 11.9. The number of aromatic nitrogens is 1. The summed E-state index contributed by atoms with van der Waals surface area (Å²) in [6.45, 7) is 5.69. The summed E-state index contributed by atoms with van der Waals surface area (Å²) < 4.78 is 52.2. The molecule has 141 valence electrons. The summed E-state index contributed by atoms with van der Waals surface area (Å²) in [6.07, 6.45) is -4.61. The number of amides is 1. The number of hydrogen-bond acceptors (Lipinski definition) is 5. The SMILES string of the molecule is CC(C)(C)OC(=O)N1CCC[C@@H]2Oc3nc(OC(F)(F)F)ccc3[C@@]21[Si]. The zero-order valence-electron chi connectivity index (χ0n) is 14.5. The minimum atomic E-state index is -4.85. The van der Waals surface area contributed by atoms with Crippen molar-refractivity contribution in [3.63, 3.8) is 0 Å². The third-order valence-corrected chi connectivity index (χ3v) is 4.93. The highest BCUT2D eigenvalue weighted by Crippen LogP contribution is 2.47. The summed E-state index contributed by atoms with van der Waals surface area (Å²) in [5.74, 6) is -0.615. The van der Waals surface area contributed by atoms with Crippen LogP contribution in [0.4, 0.5) is 18.0 Å². The Kier molecular flexibility index (Phi) is 4.37. The predicted molar refractivity (Wildman–Crippen MR) is 84.9 cm³/mol. The van der Waals surface area contributed by atoms with E-state index in [-0.39, 0.29) is 5.88 Å². The van der Waals surface area contributed by atoms with Crippen LogP contribution < -0.4 is 9.47 Å². The maximum atomic E-state index is 12.6. The van der Waals surface area contributed by atoms with Gasteiger partial charge in [0.05, 0.1) is 15.4 Å². The Morgan fingerprint density at radius 3 is 2.69 bits per heavy atom. The number of carbonyl (C=O) groups excluding carboxylic acids is 1. The van der Waals surface area contributed by atoms with E-state index < -0.39 is 35.2 Å². The normalized spacial score (nSPS) is 25.2. The number of halogens is 3. The minimum absolute atomic E-state index is 0.00205. The zero-order valence-corrected chi connectivity index (χ0v) is 15.5. The van der Waals surface area contributed by atoms with Crippen LogP contribution in [-0.4, -0.2) is 50.8 Å². The average molecular weight is 387 g/mol. The first-order valence-electron chi connectivity index (χ1n) is 8.10. The maximum Gasteiger partial charge on any atom is 0.574 e. The van der Waals surface area contributed by atoms with Gasteiger partial charge in [-0.15, -0.1) is 13.2 Å². The molecule has 1 amide bonds. The van der Waals surface area contributed by atoms with Crippen LogP contribution >= 0.6 is 0 Å². The van der Waals surface area contributed by atoms with Gasteiger partial charge in [-0.2, -0.15) is 4.98 Å². The van der Waals surface area contributed by atoms with Crippen molar-refractivity contribution in [1.29, 1.82) is 0 Å². The van der Waals surface area contributed by atoms with Crippen LogP contribution in [0.5, 0.6) is 11.8 Å². The van der Waals surface area contributed by atoms with Gasteiger partial charge in [-0.25, -0.2) is 4.79 Å². The van der Waals surface area contributed by atoms with E-state index in [1.54, 1.807) is 20.8 Å². The highest BCUT2D eigenvalue weighted by molar-refractivity contribution is 6.18. The highest BCUT2D eigenvalue weighted by atomic mass is 28.1. The van der Waals surface area contributed by atoms with Crippen molar-refractivity contribution in [2.75, 3.05) is 6.54 Å². The molecule has 1 aromatic heterocycles. The van der Waals surface area contributed by atoms with Crippen LogP contribution in [0.1, 0.15) is 39.2 Å². The molecule has 0 spiro atoms. The molecule has 1 saturated heterocycles. The van der Waals surface area contributed by atoms with Gasteiger partial charge in [0.25, 0.3) is 0 Å². The summed E-state index contributed by atoms with van der Waals surface area (Å²) in [7, 11) is 3.64. The van der Waals surface area contributed by atoms with E-state index in [0.717, 1.165) is 6.07 Å². The van der Waals surface area contributed by atoms with Gasteiger partial charge in [0, 0.05) is 18.2 Å². The van der Waals surface area contributed by atoms with Crippen LogP contribution in [-0.2, 0) is 9.90 Å². The molecule has 1 aromatic rings. The summed E-state index contributed by atoms with van der Waals surface area (Å²) in [5, 5.41) is -1.06. The van der Waals surface area contributed by atoms with E-state index in [0.29, 0.717) is 24.9 Å². The van der Waals surface area contributed by atoms with E-state index in [4.69, 9.17) is 9.47 Å². The Labute approximate surface area is 152 Å². The molecule has 2 aliphatic rings. The van der Waals surface area contributed by atoms with Gasteiger partial charge >= 0.3 is 12.5 Å². The Bertz CT molecular complexity index is 722. The number of ether oxygens (including phenoxy) is 3. The lowest BCUT2D eigenvalue weighted by molar-refractivity contribution is -0.276. The summed E-state index contributed by atoms with van der Waals surface area (Å²) in [4.78, 5) is 17.9. The molecule has 0 unspecified atom stereocenters. The van der Waals surface area contributed by atoms with Crippen LogP contribution in [0.15, 0.2) is 12.1 Å². The monoisotopic (exact) mass is 387 g/mol. The minimum Gasteiger partial charge on any atom is -0.472 e. The topological polar surface area (TPSA) is 60.9 Å². The zero-order chi connectivity index (χ0) is 19.3. The Morgan fingerprint density at radius 1 is 1.38 bits per heavy atom. The number of pyridine rings is 1. The Balaban J connectivity index is 1.94. The van der Waals surface area contributed by atoms with Crippen molar-refractivity contribution in [3.05, 3.63) is 17.7 Å². The lowest BCUT2D eigenvalue weighted by Gasteiger charge is -2.45. The molecular weight excluding hydrogens is 369 g/mol. The first-order valence-corrected chi connectivity index (χ1v) is 8.60. The average Bonchev–Trinajstić information content (AvgIpc) is 2.75. The van der Waals surface area contributed by atoms with Gasteiger partial charge < -0.3 is 14.2 Å². The fourth-order valence-corrected chi connectivity index (χ4v) is 3.72. The number of carbonyl (C=O) groups is 1. The second kappa shape index (κ2) is 6.03. The van der Waals surface area contributed by atoms with Crippen molar-refractivity contribution in [2.45, 2.75) is 56.8 Å². The third-order valence-electron chi connectivity index (χ3n) is 4.07. The van der Waals surface area contributed by atoms with E-state index in [1.165, 1.54) is 11.0 Å². The smallest absolute Gasteiger partial charge is 0.472 e. The van der Waals surface area contributed by atoms with Crippen LogP contribution in [0, 0.1) is 0 Å². The van der Waals surface area contributed by atoms with Crippen molar-refractivity contribution in [1.82, 2.24) is 9.88 Å². The van der Waals surface area contributed by atoms with Crippen LogP contribution in [0.3, 0.4) is 0 Å². The molecule has 2 atom stereocenters. The standard InChI is InChI=1S/C16H18F3N2O4Si/c1-14(2,3)25-13(22)21-8-4-5-10-15(21,26)9-6-7-11(20-12(9)23-10)24-16(17,18)19/h6-7,10H,4-5,8H2,1-3H3/t10-,15+/m0/s1. The number of rotatable bonds is 1. The molecule has 3 radical (unpaired) electrons. The molecule has 0 N–H and O–H groups in total. The summed E-state index contributed by atoms with van der Waals surface area (Å²) >= 11 is 0. The molecule has 2 aliphatic heterocycles. The van der Waals surface area contributed by atoms with Gasteiger partial charge in [0.15, 0.2) is 0 Å². The molecule has 3 heterocycles. The van der Waals surface area contributed by atoms with E-state index in [2.05, 4.69) is 20.0 Å². The van der Waals surface area contributed by atoms with E-state index in [9.17, 15) is 18.0 Å². The second-order valence-corrected chi connectivity index (χ2v) is 7.96. The van der Waals surface area contributed by atoms with Gasteiger partial charge in [-0.05, 0) is 39.7 Å². The second-order valence-electron chi connectivity index (χ2n) is 7.20. The molecule has 1 fully saturated rings. The third kappa shape index (κ3) is 3.46. The predicted octanol–water partition coefficient (Wildman–Crippen LogP) is 3.09. The fraction of sp³-hybridized carbons (Fsp3) is 0.625. The number of nitrogens with zero attached hydrogens (tertiary/aromatic N) is 2. The highest BCUT2D eigenvalue weighted by Gasteiger charge is 2.54. The quantitative estimate of drug-likeness (QED) is 0.693. The maximum absolute atomic E-state index is 12.6. The fourth-order valence-electron chi connectivity index (χ4n) is 3.12. The van der Waals surface area contributed by atoms with Gasteiger partial charge in [-0.3, -0.25) is 4.90 Å². The van der Waals surface area contributed by atoms with Gasteiger partial charge in [0.2, 0.25) is 11.8 Å². The summed E-state index contributed by atoms with van der Waals surface area (Å²) in [5.41, 5.74) is -0.225. The van der Waals surface area contributed by atoms with Crippen LogP contribution in [0.25, 0.3) is 0 Å². The lowest BCUT2D eigenvalue weighted by atomic mass is 9.94. The largest absolute Gasteiger partial charge is 0.574 e. The molecule has 0 saturated carbocycles. The van der Waals surface area contributed by atoms with Gasteiger partial charge in [0.1, 0.15) is 11.7 Å². The molecule has 6 nitrogen and oxygen atoms in total. The molecule has 3 rings (SSSR count). The molecular formula is C16H18F3N2O4Si. The molecule has 0 aromatic carbocycles. The lowest BCUT2D eigenvalue weighted by Crippen LogP contribution is -2.59. The number of hydrogen-bond donors (Lipinski definition) is 0. The first kappa shape index (κ1) is 18.8. The van der Waals surface area contributed by atoms with Crippen molar-refractivity contribution in [2.24, 2.45) is 0 Å². The van der Waals surface area contributed by atoms with E-state index >= 15 is 0 Å². The number of piperidine rings is 1. The number of alkyl halides is 3. The van der Waals surface area contributed by atoms with Crippen molar-refractivity contribution in [3.8, 4) is 11.8 Å².